The maximum atomic E-state index is 12.0. The van der Waals surface area contributed by atoms with Crippen LogP contribution >= 0.6 is 0 Å². The molecular weight excluding hydrogens is 254 g/mol. The lowest BCUT2D eigenvalue weighted by Gasteiger charge is -2.11. The molecule has 1 aliphatic heterocycles. The summed E-state index contributed by atoms with van der Waals surface area (Å²) in [7, 11) is 0. The average molecular weight is 271 g/mol. The summed E-state index contributed by atoms with van der Waals surface area (Å²) in [5, 5.41) is 2.87. The molecule has 3 rings (SSSR count). The quantitative estimate of drug-likeness (QED) is 0.507. The Labute approximate surface area is 117 Å². The number of nitrogens with one attached hydrogen (secondary N) is 1. The summed E-state index contributed by atoms with van der Waals surface area (Å²) < 4.78 is 5.46. The number of carbonyl (C=O) groups excluding carboxylic acids is 2. The first-order valence-corrected chi connectivity index (χ1v) is 6.93. The lowest BCUT2D eigenvalue weighted by Crippen LogP contribution is -2.26. The maximum Gasteiger partial charge on any atom is 0.252 e. The van der Waals surface area contributed by atoms with Crippen molar-refractivity contribution in [3.8, 4) is 0 Å². The second-order valence-electron chi connectivity index (χ2n) is 5.23. The highest BCUT2D eigenvalue weighted by Gasteiger charge is 2.40. The first-order chi connectivity index (χ1) is 9.78. The Morgan fingerprint density at radius 3 is 3.00 bits per heavy atom. The van der Waals surface area contributed by atoms with E-state index in [-0.39, 0.29) is 5.91 Å². The molecule has 20 heavy (non-hydrogen) atoms. The second-order valence-corrected chi connectivity index (χ2v) is 5.23. The van der Waals surface area contributed by atoms with Gasteiger partial charge in [-0.15, -0.1) is 0 Å². The minimum absolute atomic E-state index is 0.190. The van der Waals surface area contributed by atoms with Crippen LogP contribution in [0.1, 0.15) is 40.0 Å². The molecule has 1 aromatic carbocycles. The summed E-state index contributed by atoms with van der Waals surface area (Å²) in [5.74, 6) is -0.190. The van der Waals surface area contributed by atoms with Crippen LogP contribution in [0.25, 0.3) is 0 Å². The van der Waals surface area contributed by atoms with Gasteiger partial charge in [-0.2, -0.15) is 0 Å². The third-order valence-corrected chi connectivity index (χ3v) is 3.85. The van der Waals surface area contributed by atoms with Gasteiger partial charge in [0, 0.05) is 17.7 Å². The predicted octanol–water partition coefficient (Wildman–Crippen LogP) is 2.11. The lowest BCUT2D eigenvalue weighted by atomic mass is 9.97. The van der Waals surface area contributed by atoms with Gasteiger partial charge in [-0.3, -0.25) is 9.59 Å². The Morgan fingerprint density at radius 2 is 2.20 bits per heavy atom. The van der Waals surface area contributed by atoms with E-state index in [1.54, 1.807) is 24.3 Å². The van der Waals surface area contributed by atoms with E-state index in [0.29, 0.717) is 36.2 Å². The summed E-state index contributed by atoms with van der Waals surface area (Å²) in [6, 6.07) is 6.83. The van der Waals surface area contributed by atoms with Crippen molar-refractivity contribution in [2.75, 3.05) is 6.54 Å². The fourth-order valence-corrected chi connectivity index (χ4v) is 2.63. The topological polar surface area (TPSA) is 58.7 Å². The van der Waals surface area contributed by atoms with Crippen LogP contribution in [-0.4, -0.2) is 30.9 Å². The first-order valence-electron chi connectivity index (χ1n) is 6.93. The fraction of sp³-hybridized carbons (Fsp3) is 0.375. The molecule has 1 N–H and O–H groups in total. The van der Waals surface area contributed by atoms with Gasteiger partial charge < -0.3 is 10.1 Å². The molecule has 1 aromatic rings. The minimum atomic E-state index is -0.190. The van der Waals surface area contributed by atoms with Crippen molar-refractivity contribution in [1.29, 1.82) is 0 Å². The molecule has 1 heterocycles. The fourth-order valence-electron chi connectivity index (χ4n) is 2.63. The number of hydrogen-bond donors (Lipinski definition) is 1. The summed E-state index contributed by atoms with van der Waals surface area (Å²) >= 11 is 0. The van der Waals surface area contributed by atoms with E-state index >= 15 is 0 Å². The molecule has 0 aromatic heterocycles. The zero-order valence-electron chi connectivity index (χ0n) is 11.2. The summed E-state index contributed by atoms with van der Waals surface area (Å²) in [4.78, 5) is 22.9. The van der Waals surface area contributed by atoms with E-state index in [1.807, 2.05) is 0 Å². The Balaban J connectivity index is 1.51. The van der Waals surface area contributed by atoms with Crippen LogP contribution in [0.2, 0.25) is 0 Å². The van der Waals surface area contributed by atoms with E-state index in [9.17, 15) is 9.59 Å². The molecule has 2 atom stereocenters. The van der Waals surface area contributed by atoms with Crippen LogP contribution in [-0.2, 0) is 4.74 Å². The standard InChI is InChI=1S/C16H17NO3/c18-10-12-3-1-2-4-13(12)16(19)17-8-7-11-5-6-14-15(9-11)20-14/h1-5,10,14-15H,6-9H2,(H,17,19). The van der Waals surface area contributed by atoms with Crippen LogP contribution in [0.15, 0.2) is 35.9 Å². The molecule has 0 saturated carbocycles. The van der Waals surface area contributed by atoms with Gasteiger partial charge in [0.25, 0.3) is 5.91 Å². The number of rotatable bonds is 5. The minimum Gasteiger partial charge on any atom is -0.369 e. The normalized spacial score (nSPS) is 23.5. The van der Waals surface area contributed by atoms with Crippen molar-refractivity contribution in [3.63, 3.8) is 0 Å². The number of amides is 1. The van der Waals surface area contributed by atoms with Crippen LogP contribution in [0, 0.1) is 0 Å². The zero-order valence-corrected chi connectivity index (χ0v) is 11.2. The molecule has 1 amide bonds. The first kappa shape index (κ1) is 13.1. The molecule has 0 radical (unpaired) electrons. The molecule has 2 unspecified atom stereocenters. The van der Waals surface area contributed by atoms with Gasteiger partial charge in [0.2, 0.25) is 0 Å². The molecular formula is C16H17NO3. The second kappa shape index (κ2) is 5.59. The van der Waals surface area contributed by atoms with Crippen molar-refractivity contribution in [2.24, 2.45) is 0 Å². The smallest absolute Gasteiger partial charge is 0.252 e. The highest BCUT2D eigenvalue weighted by Crippen LogP contribution is 2.36. The summed E-state index contributed by atoms with van der Waals surface area (Å²) in [5.41, 5.74) is 2.22. The number of epoxide rings is 1. The van der Waals surface area contributed by atoms with Crippen LogP contribution in [0.5, 0.6) is 0 Å². The number of carbonyl (C=O) groups is 2. The monoisotopic (exact) mass is 271 g/mol. The highest BCUT2D eigenvalue weighted by molar-refractivity contribution is 6.01. The van der Waals surface area contributed by atoms with E-state index in [1.165, 1.54) is 5.57 Å². The van der Waals surface area contributed by atoms with Crippen LogP contribution in [0.4, 0.5) is 0 Å². The third-order valence-electron chi connectivity index (χ3n) is 3.85. The molecule has 1 aliphatic carbocycles. The molecule has 4 heteroatoms. The van der Waals surface area contributed by atoms with Gasteiger partial charge in [-0.25, -0.2) is 0 Å². The summed E-state index contributed by atoms with van der Waals surface area (Å²) in [6.07, 6.45) is 6.65. The van der Waals surface area contributed by atoms with Gasteiger partial charge >= 0.3 is 0 Å². The number of benzene rings is 1. The number of hydrogen-bond acceptors (Lipinski definition) is 3. The van der Waals surface area contributed by atoms with Gasteiger partial charge in [0.05, 0.1) is 12.2 Å². The van der Waals surface area contributed by atoms with Gasteiger partial charge in [0.15, 0.2) is 6.29 Å². The van der Waals surface area contributed by atoms with Crippen molar-refractivity contribution in [3.05, 3.63) is 47.0 Å². The number of aldehydes is 1. The maximum absolute atomic E-state index is 12.0. The van der Waals surface area contributed by atoms with Crippen molar-refractivity contribution in [2.45, 2.75) is 31.5 Å². The molecule has 1 fully saturated rings. The Hall–Kier alpha value is -1.94. The SMILES string of the molecule is O=Cc1ccccc1C(=O)NCCC1=CCC2OC2C1. The molecule has 2 aliphatic rings. The third kappa shape index (κ3) is 2.80. The number of ether oxygens (including phenoxy) is 1. The van der Waals surface area contributed by atoms with E-state index in [0.717, 1.165) is 19.3 Å². The van der Waals surface area contributed by atoms with E-state index in [2.05, 4.69) is 11.4 Å². The molecule has 0 bridgehead atoms. The summed E-state index contributed by atoms with van der Waals surface area (Å²) in [6.45, 7) is 0.593. The van der Waals surface area contributed by atoms with Crippen LogP contribution in [0.3, 0.4) is 0 Å². The van der Waals surface area contributed by atoms with E-state index in [4.69, 9.17) is 4.74 Å². The van der Waals surface area contributed by atoms with Crippen molar-refractivity contribution < 1.29 is 14.3 Å². The van der Waals surface area contributed by atoms with Gasteiger partial charge in [-0.1, -0.05) is 29.8 Å². The largest absolute Gasteiger partial charge is 0.369 e. The molecule has 104 valence electrons. The Bertz CT molecular complexity index is 565. The van der Waals surface area contributed by atoms with Crippen molar-refractivity contribution in [1.82, 2.24) is 5.32 Å². The zero-order chi connectivity index (χ0) is 13.9. The van der Waals surface area contributed by atoms with Crippen molar-refractivity contribution >= 4 is 12.2 Å². The highest BCUT2D eigenvalue weighted by atomic mass is 16.6. The van der Waals surface area contributed by atoms with Gasteiger partial charge in [0.1, 0.15) is 0 Å². The average Bonchev–Trinajstić information content (AvgIpc) is 3.25. The predicted molar refractivity (Wildman–Crippen MR) is 74.8 cm³/mol. The molecule has 1 saturated heterocycles. The van der Waals surface area contributed by atoms with Crippen LogP contribution < -0.4 is 5.32 Å². The molecule has 0 spiro atoms. The van der Waals surface area contributed by atoms with Gasteiger partial charge in [-0.05, 0) is 25.3 Å². The Kier molecular flexibility index (Phi) is 3.65. The Morgan fingerprint density at radius 1 is 1.35 bits per heavy atom. The number of fused-ring (bicyclic) bond motifs is 1. The van der Waals surface area contributed by atoms with E-state index < -0.39 is 0 Å². The lowest BCUT2D eigenvalue weighted by molar-refractivity contribution is 0.0948. The molecule has 4 nitrogen and oxygen atoms in total.